The van der Waals surface area contributed by atoms with Gasteiger partial charge in [-0.15, -0.1) is 0 Å². The van der Waals surface area contributed by atoms with Crippen LogP contribution >= 0.6 is 11.6 Å². The number of hydrogen-bond donors (Lipinski definition) is 4. The molecule has 10 nitrogen and oxygen atoms in total. The number of imidazole rings is 1. The Morgan fingerprint density at radius 1 is 1.41 bits per heavy atom. The summed E-state index contributed by atoms with van der Waals surface area (Å²) in [6.07, 6.45) is 0.338. The maximum absolute atomic E-state index is 12.2. The Morgan fingerprint density at radius 3 is 2.85 bits per heavy atom. The molecule has 3 rings (SSSR count). The van der Waals surface area contributed by atoms with Gasteiger partial charge >= 0.3 is 5.69 Å². The van der Waals surface area contributed by atoms with Crippen molar-refractivity contribution in [2.75, 3.05) is 12.0 Å². The van der Waals surface area contributed by atoms with Crippen molar-refractivity contribution in [2.45, 2.75) is 12.6 Å². The van der Waals surface area contributed by atoms with Crippen LogP contribution in [0.15, 0.2) is 39.0 Å². The van der Waals surface area contributed by atoms with Gasteiger partial charge in [0.15, 0.2) is 11.2 Å². The van der Waals surface area contributed by atoms with Crippen LogP contribution in [-0.2, 0) is 13.6 Å². The maximum atomic E-state index is 12.2. The van der Waals surface area contributed by atoms with Crippen molar-refractivity contribution in [3.63, 3.8) is 0 Å². The molecule has 0 aliphatic carbocycles. The first kappa shape index (κ1) is 18.8. The number of fused-ring (bicyclic) bond motifs is 1. The Kier molecular flexibility index (Phi) is 5.40. The highest BCUT2D eigenvalue weighted by Gasteiger charge is 2.19. The molecule has 27 heavy (non-hydrogen) atoms. The third-order valence-electron chi connectivity index (χ3n) is 3.88. The van der Waals surface area contributed by atoms with E-state index in [1.165, 1.54) is 22.4 Å². The molecule has 0 bridgehead atoms. The van der Waals surface area contributed by atoms with Gasteiger partial charge in [0.1, 0.15) is 0 Å². The number of aryl methyl sites for hydroxylation is 1. The molecule has 0 spiro atoms. The number of anilines is 1. The van der Waals surface area contributed by atoms with Gasteiger partial charge in [0.05, 0.1) is 25.5 Å². The topological polar surface area (TPSA) is 138 Å². The molecule has 11 heteroatoms. The van der Waals surface area contributed by atoms with Gasteiger partial charge in [-0.1, -0.05) is 29.8 Å². The summed E-state index contributed by atoms with van der Waals surface area (Å²) in [6, 6.07) is 7.07. The average Bonchev–Trinajstić information content (AvgIpc) is 3.00. The number of benzene rings is 1. The van der Waals surface area contributed by atoms with Crippen LogP contribution in [0.3, 0.4) is 0 Å². The number of nitrogens with zero attached hydrogens (tertiary/aromatic N) is 4. The summed E-state index contributed by atoms with van der Waals surface area (Å²) in [6.45, 7) is -0.635. The Morgan fingerprint density at radius 2 is 2.15 bits per heavy atom. The van der Waals surface area contributed by atoms with Crippen LogP contribution in [0.25, 0.3) is 11.2 Å². The summed E-state index contributed by atoms with van der Waals surface area (Å²) in [5, 5.41) is 23.5. The van der Waals surface area contributed by atoms with Gasteiger partial charge in [-0.2, -0.15) is 10.1 Å². The fourth-order valence-corrected chi connectivity index (χ4v) is 2.69. The van der Waals surface area contributed by atoms with Crippen molar-refractivity contribution in [1.29, 1.82) is 0 Å². The van der Waals surface area contributed by atoms with Crippen LogP contribution in [0.5, 0.6) is 0 Å². The van der Waals surface area contributed by atoms with Gasteiger partial charge in [0, 0.05) is 17.6 Å². The first-order chi connectivity index (χ1) is 12.9. The average molecular weight is 393 g/mol. The van der Waals surface area contributed by atoms with Crippen molar-refractivity contribution < 1.29 is 10.2 Å². The minimum Gasteiger partial charge on any atom is -0.394 e. The van der Waals surface area contributed by atoms with E-state index in [1.807, 2.05) is 0 Å². The van der Waals surface area contributed by atoms with Gasteiger partial charge in [0.25, 0.3) is 5.56 Å². The number of rotatable bonds is 6. The normalized spacial score (nSPS) is 12.7. The van der Waals surface area contributed by atoms with Crippen molar-refractivity contribution in [2.24, 2.45) is 12.1 Å². The van der Waals surface area contributed by atoms with Crippen LogP contribution in [0.1, 0.15) is 5.56 Å². The van der Waals surface area contributed by atoms with Crippen LogP contribution in [0.2, 0.25) is 5.02 Å². The molecule has 1 atom stereocenters. The molecule has 0 aliphatic rings. The molecule has 0 unspecified atom stereocenters. The van der Waals surface area contributed by atoms with E-state index in [0.29, 0.717) is 10.6 Å². The molecule has 0 aliphatic heterocycles. The summed E-state index contributed by atoms with van der Waals surface area (Å²) in [7, 11) is 1.46. The molecule has 0 radical (unpaired) electrons. The number of hydrazone groups is 1. The molecule has 4 N–H and O–H groups in total. The number of H-pyrrole nitrogens is 1. The molecule has 0 saturated carbocycles. The van der Waals surface area contributed by atoms with E-state index in [2.05, 4.69) is 20.5 Å². The van der Waals surface area contributed by atoms with E-state index in [9.17, 15) is 14.7 Å². The zero-order valence-corrected chi connectivity index (χ0v) is 15.0. The first-order valence-corrected chi connectivity index (χ1v) is 8.32. The molecule has 142 valence electrons. The second-order valence-electron chi connectivity index (χ2n) is 5.76. The third-order valence-corrected chi connectivity index (χ3v) is 4.23. The standard InChI is InChI=1S/C16H17ClN6O4/c1-22-13-12(14(26)20-16(22)27)23(7-10(25)8-24)15(19-13)21-18-6-9-4-2-3-5-11(9)17/h2-6,10,24-25H,7-8H2,1H3,(H,19,21)(H,20,26,27)/b18-6-/t10-/m0/s1. The predicted octanol–water partition coefficient (Wildman–Crippen LogP) is -0.124. The molecule has 0 amide bonds. The van der Waals surface area contributed by atoms with Gasteiger partial charge < -0.3 is 14.8 Å². The van der Waals surface area contributed by atoms with E-state index in [1.54, 1.807) is 24.3 Å². The third kappa shape index (κ3) is 3.77. The quantitative estimate of drug-likeness (QED) is 0.341. The fraction of sp³-hybridized carbons (Fsp3) is 0.250. The molecule has 0 saturated heterocycles. The molecule has 0 fully saturated rings. The maximum Gasteiger partial charge on any atom is 0.329 e. The summed E-state index contributed by atoms with van der Waals surface area (Å²) in [5.74, 6) is 0.118. The Bertz CT molecular complexity index is 1120. The molecule has 1 aromatic carbocycles. The highest BCUT2D eigenvalue weighted by Crippen LogP contribution is 2.17. The number of aromatic nitrogens is 4. The van der Waals surface area contributed by atoms with Crippen molar-refractivity contribution in [3.05, 3.63) is 55.7 Å². The SMILES string of the molecule is Cn1c(=O)[nH]c(=O)c2c1nc(N/N=C\c1ccccc1Cl)n2C[C@H](O)CO. The number of hydrogen-bond acceptors (Lipinski definition) is 7. The minimum absolute atomic E-state index is 0.0695. The number of halogens is 1. The van der Waals surface area contributed by atoms with Gasteiger partial charge in [-0.25, -0.2) is 10.2 Å². The lowest BCUT2D eigenvalue weighted by atomic mass is 10.2. The largest absolute Gasteiger partial charge is 0.394 e. The number of nitrogens with one attached hydrogen (secondary N) is 2. The Hall–Kier alpha value is -2.95. The number of aliphatic hydroxyl groups is 2. The molecule has 2 aromatic heterocycles. The van der Waals surface area contributed by atoms with Gasteiger partial charge in [-0.3, -0.25) is 14.3 Å². The second-order valence-corrected chi connectivity index (χ2v) is 6.17. The van der Waals surface area contributed by atoms with E-state index in [4.69, 9.17) is 16.7 Å². The summed E-state index contributed by atoms with van der Waals surface area (Å²) in [4.78, 5) is 30.4. The van der Waals surface area contributed by atoms with E-state index in [-0.39, 0.29) is 23.7 Å². The van der Waals surface area contributed by atoms with Crippen molar-refractivity contribution in [1.82, 2.24) is 19.1 Å². The smallest absolute Gasteiger partial charge is 0.329 e. The van der Waals surface area contributed by atoms with E-state index < -0.39 is 24.0 Å². The fourth-order valence-electron chi connectivity index (χ4n) is 2.51. The zero-order chi connectivity index (χ0) is 19.6. The molecular formula is C16H17ClN6O4. The van der Waals surface area contributed by atoms with Crippen molar-refractivity contribution in [3.8, 4) is 0 Å². The monoisotopic (exact) mass is 392 g/mol. The Balaban J connectivity index is 2.06. The number of aromatic amines is 1. The highest BCUT2D eigenvalue weighted by atomic mass is 35.5. The van der Waals surface area contributed by atoms with Crippen molar-refractivity contribution >= 4 is 34.9 Å². The highest BCUT2D eigenvalue weighted by molar-refractivity contribution is 6.33. The van der Waals surface area contributed by atoms with Gasteiger partial charge in [-0.05, 0) is 6.07 Å². The zero-order valence-electron chi connectivity index (χ0n) is 14.3. The van der Waals surface area contributed by atoms with E-state index >= 15 is 0 Å². The molecular weight excluding hydrogens is 376 g/mol. The Labute approximate surface area is 157 Å². The van der Waals surface area contributed by atoms with Crippen LogP contribution in [0, 0.1) is 0 Å². The molecule has 3 aromatic rings. The van der Waals surface area contributed by atoms with Crippen LogP contribution in [-0.4, -0.2) is 48.2 Å². The lowest BCUT2D eigenvalue weighted by Gasteiger charge is -2.11. The predicted molar refractivity (Wildman–Crippen MR) is 101 cm³/mol. The second kappa shape index (κ2) is 7.74. The molecule has 2 heterocycles. The summed E-state index contributed by atoms with van der Waals surface area (Å²) >= 11 is 6.06. The lowest BCUT2D eigenvalue weighted by molar-refractivity contribution is 0.0825. The summed E-state index contributed by atoms with van der Waals surface area (Å²) in [5.41, 5.74) is 2.25. The van der Waals surface area contributed by atoms with Crippen LogP contribution < -0.4 is 16.7 Å². The van der Waals surface area contributed by atoms with E-state index in [0.717, 1.165) is 0 Å². The summed E-state index contributed by atoms with van der Waals surface area (Å²) < 4.78 is 2.51. The number of aliphatic hydroxyl groups excluding tert-OH is 2. The van der Waals surface area contributed by atoms with Gasteiger partial charge in [0.2, 0.25) is 5.95 Å². The minimum atomic E-state index is -1.13. The lowest BCUT2D eigenvalue weighted by Crippen LogP contribution is -2.30. The first-order valence-electron chi connectivity index (χ1n) is 7.94. The van der Waals surface area contributed by atoms with Crippen LogP contribution in [0.4, 0.5) is 5.95 Å².